The van der Waals surface area contributed by atoms with Crippen molar-refractivity contribution in [2.75, 3.05) is 0 Å². The third kappa shape index (κ3) is 2.52. The summed E-state index contributed by atoms with van der Waals surface area (Å²) in [5, 5.41) is 9.60. The average Bonchev–Trinajstić information content (AvgIpc) is 2.97. The normalized spacial score (nSPS) is 16.6. The van der Waals surface area contributed by atoms with E-state index in [-0.39, 0.29) is 11.8 Å². The first-order valence-corrected chi connectivity index (χ1v) is 5.99. The molecule has 2 nitrogen and oxygen atoms in total. The Labute approximate surface area is 106 Å². The molecule has 0 heterocycles. The van der Waals surface area contributed by atoms with Gasteiger partial charge in [0.25, 0.3) is 0 Å². The lowest BCUT2D eigenvalue weighted by Gasteiger charge is -2.15. The zero-order chi connectivity index (χ0) is 12.6. The highest BCUT2D eigenvalue weighted by molar-refractivity contribution is 6.30. The van der Waals surface area contributed by atoms with E-state index in [1.54, 1.807) is 0 Å². The molecule has 2 rings (SSSR count). The van der Waals surface area contributed by atoms with Gasteiger partial charge in [0.15, 0.2) is 0 Å². The van der Waals surface area contributed by atoms with Crippen molar-refractivity contribution in [1.29, 1.82) is 0 Å². The monoisotopic (exact) mass is 250 g/mol. The van der Waals surface area contributed by atoms with E-state index in [4.69, 9.17) is 16.7 Å². The third-order valence-electron chi connectivity index (χ3n) is 3.35. The predicted molar refractivity (Wildman–Crippen MR) is 69.3 cm³/mol. The topological polar surface area (TPSA) is 37.3 Å². The Morgan fingerprint density at radius 3 is 2.59 bits per heavy atom. The van der Waals surface area contributed by atoms with Gasteiger partial charge in [0.2, 0.25) is 0 Å². The largest absolute Gasteiger partial charge is 0.481 e. The van der Waals surface area contributed by atoms with E-state index < -0.39 is 5.97 Å². The van der Waals surface area contributed by atoms with Crippen LogP contribution in [-0.4, -0.2) is 11.1 Å². The molecule has 0 aliphatic heterocycles. The molecule has 1 aromatic rings. The summed E-state index contributed by atoms with van der Waals surface area (Å²) >= 11 is 6.08. The van der Waals surface area contributed by atoms with Crippen LogP contribution in [0, 0.1) is 0 Å². The smallest absolute Gasteiger partial charge is 0.304 e. The molecule has 0 bridgehead atoms. The molecule has 0 saturated heterocycles. The van der Waals surface area contributed by atoms with Gasteiger partial charge in [0.1, 0.15) is 0 Å². The van der Waals surface area contributed by atoms with Crippen molar-refractivity contribution in [3.05, 3.63) is 40.9 Å². The van der Waals surface area contributed by atoms with E-state index in [0.29, 0.717) is 5.02 Å². The first-order chi connectivity index (χ1) is 7.93. The standard InChI is InChI=1S/C14H15ClO2/c1-9(2)10-5-11(7-12(15)6-10)14(3-4-14)8-13(16)17/h5-7H,1,3-4,8H2,2H3,(H,16,17). The molecular formula is C14H15ClO2. The molecule has 0 amide bonds. The Morgan fingerprint density at radius 2 is 2.12 bits per heavy atom. The number of allylic oxidation sites excluding steroid dienone is 1. The second-order valence-electron chi connectivity index (χ2n) is 4.86. The summed E-state index contributed by atoms with van der Waals surface area (Å²) in [6, 6.07) is 5.76. The number of carboxylic acid groups (broad SMARTS) is 1. The Morgan fingerprint density at radius 1 is 1.47 bits per heavy atom. The van der Waals surface area contributed by atoms with Gasteiger partial charge in [-0.25, -0.2) is 0 Å². The zero-order valence-corrected chi connectivity index (χ0v) is 10.5. The summed E-state index contributed by atoms with van der Waals surface area (Å²) in [6.45, 7) is 5.82. The summed E-state index contributed by atoms with van der Waals surface area (Å²) in [5.41, 5.74) is 2.77. The fourth-order valence-electron chi connectivity index (χ4n) is 2.15. The van der Waals surface area contributed by atoms with Crippen LogP contribution in [0.2, 0.25) is 5.02 Å². The Bertz CT molecular complexity index is 487. The molecule has 0 radical (unpaired) electrons. The van der Waals surface area contributed by atoms with Crippen LogP contribution in [0.3, 0.4) is 0 Å². The zero-order valence-electron chi connectivity index (χ0n) is 9.79. The van der Waals surface area contributed by atoms with Gasteiger partial charge in [0, 0.05) is 10.4 Å². The molecule has 0 spiro atoms. The second-order valence-corrected chi connectivity index (χ2v) is 5.30. The first kappa shape index (κ1) is 12.2. The summed E-state index contributed by atoms with van der Waals surface area (Å²) in [6.07, 6.45) is 2.04. The lowest BCUT2D eigenvalue weighted by atomic mass is 9.90. The van der Waals surface area contributed by atoms with Gasteiger partial charge in [-0.1, -0.05) is 29.8 Å². The van der Waals surface area contributed by atoms with Crippen molar-refractivity contribution in [3.63, 3.8) is 0 Å². The quantitative estimate of drug-likeness (QED) is 0.881. The number of rotatable bonds is 4. The van der Waals surface area contributed by atoms with E-state index in [1.165, 1.54) is 0 Å². The molecule has 1 fully saturated rings. The molecule has 1 aliphatic rings. The minimum absolute atomic E-state index is 0.184. The van der Waals surface area contributed by atoms with E-state index in [2.05, 4.69) is 6.58 Å². The lowest BCUT2D eigenvalue weighted by molar-refractivity contribution is -0.137. The van der Waals surface area contributed by atoms with Gasteiger partial charge in [-0.2, -0.15) is 0 Å². The number of halogens is 1. The van der Waals surface area contributed by atoms with Gasteiger partial charge in [-0.05, 0) is 43.0 Å². The van der Waals surface area contributed by atoms with Gasteiger partial charge in [-0.15, -0.1) is 0 Å². The second kappa shape index (κ2) is 4.19. The third-order valence-corrected chi connectivity index (χ3v) is 3.56. The van der Waals surface area contributed by atoms with Crippen molar-refractivity contribution < 1.29 is 9.90 Å². The Balaban J connectivity index is 2.39. The van der Waals surface area contributed by atoms with Crippen molar-refractivity contribution in [1.82, 2.24) is 0 Å². The van der Waals surface area contributed by atoms with Crippen LogP contribution in [0.1, 0.15) is 37.3 Å². The summed E-state index contributed by atoms with van der Waals surface area (Å²) in [4.78, 5) is 10.9. The molecule has 1 N–H and O–H groups in total. The van der Waals surface area contributed by atoms with E-state index in [1.807, 2.05) is 25.1 Å². The number of aliphatic carboxylic acids is 1. The fourth-order valence-corrected chi connectivity index (χ4v) is 2.39. The van der Waals surface area contributed by atoms with Crippen LogP contribution < -0.4 is 0 Å². The highest BCUT2D eigenvalue weighted by Gasteiger charge is 2.46. The summed E-state index contributed by atoms with van der Waals surface area (Å²) in [7, 11) is 0. The van der Waals surface area contributed by atoms with Gasteiger partial charge >= 0.3 is 5.97 Å². The molecule has 3 heteroatoms. The Hall–Kier alpha value is -1.28. The average molecular weight is 251 g/mol. The number of hydrogen-bond donors (Lipinski definition) is 1. The van der Waals surface area contributed by atoms with Gasteiger partial charge in [0.05, 0.1) is 6.42 Å². The van der Waals surface area contributed by atoms with Crippen LogP contribution in [0.4, 0.5) is 0 Å². The maximum absolute atomic E-state index is 10.9. The van der Waals surface area contributed by atoms with E-state index in [0.717, 1.165) is 29.5 Å². The molecule has 0 unspecified atom stereocenters. The Kier molecular flexibility index (Phi) is 3.00. The fraction of sp³-hybridized carbons (Fsp3) is 0.357. The molecule has 0 atom stereocenters. The highest BCUT2D eigenvalue weighted by atomic mass is 35.5. The summed E-state index contributed by atoms with van der Waals surface area (Å²) < 4.78 is 0. The van der Waals surface area contributed by atoms with E-state index >= 15 is 0 Å². The van der Waals surface area contributed by atoms with E-state index in [9.17, 15) is 4.79 Å². The van der Waals surface area contributed by atoms with Gasteiger partial charge in [-0.3, -0.25) is 4.79 Å². The lowest BCUT2D eigenvalue weighted by Crippen LogP contribution is -2.13. The maximum Gasteiger partial charge on any atom is 0.304 e. The molecular weight excluding hydrogens is 236 g/mol. The molecule has 90 valence electrons. The minimum Gasteiger partial charge on any atom is -0.481 e. The van der Waals surface area contributed by atoms with Crippen LogP contribution >= 0.6 is 11.6 Å². The highest BCUT2D eigenvalue weighted by Crippen LogP contribution is 2.51. The molecule has 1 aliphatic carbocycles. The van der Waals surface area contributed by atoms with Crippen molar-refractivity contribution in [2.45, 2.75) is 31.6 Å². The first-order valence-electron chi connectivity index (χ1n) is 5.62. The minimum atomic E-state index is -0.751. The summed E-state index contributed by atoms with van der Waals surface area (Å²) in [5.74, 6) is -0.751. The predicted octanol–water partition coefficient (Wildman–Crippen LogP) is 3.88. The SMILES string of the molecule is C=C(C)c1cc(Cl)cc(C2(CC(=O)O)CC2)c1. The van der Waals surface area contributed by atoms with Crippen LogP contribution in [0.25, 0.3) is 5.57 Å². The number of hydrogen-bond acceptors (Lipinski definition) is 1. The van der Waals surface area contributed by atoms with Crippen LogP contribution in [0.15, 0.2) is 24.8 Å². The molecule has 1 saturated carbocycles. The van der Waals surface area contributed by atoms with Crippen molar-refractivity contribution in [2.24, 2.45) is 0 Å². The molecule has 0 aromatic heterocycles. The van der Waals surface area contributed by atoms with Crippen LogP contribution in [-0.2, 0) is 10.2 Å². The van der Waals surface area contributed by atoms with Gasteiger partial charge < -0.3 is 5.11 Å². The molecule has 17 heavy (non-hydrogen) atoms. The number of benzene rings is 1. The van der Waals surface area contributed by atoms with Crippen LogP contribution in [0.5, 0.6) is 0 Å². The molecule has 1 aromatic carbocycles. The number of carbonyl (C=O) groups is 1. The maximum atomic E-state index is 10.9. The van der Waals surface area contributed by atoms with Crippen molar-refractivity contribution >= 4 is 23.1 Å². The number of carboxylic acids is 1. The van der Waals surface area contributed by atoms with Crippen molar-refractivity contribution in [3.8, 4) is 0 Å².